The topological polar surface area (TPSA) is 44.5 Å². The van der Waals surface area contributed by atoms with Crippen molar-refractivity contribution in [3.63, 3.8) is 0 Å². The Hall–Kier alpha value is -0.800. The van der Waals surface area contributed by atoms with Crippen LogP contribution in [0.2, 0.25) is 0 Å². The smallest absolute Gasteiger partial charge is 0.189 e. The molecular formula is C10H15NO2. The van der Waals surface area contributed by atoms with Crippen LogP contribution in [-0.2, 0) is 9.47 Å². The van der Waals surface area contributed by atoms with Gasteiger partial charge >= 0.3 is 0 Å². The van der Waals surface area contributed by atoms with Crippen molar-refractivity contribution in [3.05, 3.63) is 23.5 Å². The molecule has 2 atom stereocenters. The Labute approximate surface area is 78.2 Å². The fraction of sp³-hybridized carbons (Fsp3) is 0.600. The lowest BCUT2D eigenvalue weighted by molar-refractivity contribution is 0.0499. The number of rotatable bonds is 2. The van der Waals surface area contributed by atoms with E-state index in [2.05, 4.69) is 6.08 Å². The third-order valence-electron chi connectivity index (χ3n) is 2.33. The summed E-state index contributed by atoms with van der Waals surface area (Å²) in [5.74, 6) is 0.966. The average Bonchev–Trinajstić information content (AvgIpc) is 2.49. The molecular weight excluding hydrogens is 172 g/mol. The maximum Gasteiger partial charge on any atom is 0.189 e. The minimum Gasteiger partial charge on any atom is -0.469 e. The van der Waals surface area contributed by atoms with Crippen LogP contribution < -0.4 is 5.73 Å². The van der Waals surface area contributed by atoms with Crippen LogP contribution >= 0.6 is 0 Å². The van der Waals surface area contributed by atoms with E-state index in [1.807, 2.05) is 13.0 Å². The normalized spacial score (nSPS) is 28.6. The first kappa shape index (κ1) is 8.78. The second-order valence-electron chi connectivity index (χ2n) is 3.70. The first-order valence-corrected chi connectivity index (χ1v) is 4.65. The summed E-state index contributed by atoms with van der Waals surface area (Å²) in [5, 5.41) is 0. The fourth-order valence-corrected chi connectivity index (χ4v) is 1.75. The molecule has 0 aromatic rings. The summed E-state index contributed by atoms with van der Waals surface area (Å²) in [4.78, 5) is 0. The van der Waals surface area contributed by atoms with E-state index in [1.54, 1.807) is 0 Å². The summed E-state index contributed by atoms with van der Waals surface area (Å²) < 4.78 is 10.7. The third kappa shape index (κ3) is 1.92. The van der Waals surface area contributed by atoms with Crippen molar-refractivity contribution >= 4 is 0 Å². The lowest BCUT2D eigenvalue weighted by Gasteiger charge is -2.17. The largest absolute Gasteiger partial charge is 0.469 e. The minimum atomic E-state index is 0.152. The first-order chi connectivity index (χ1) is 6.25. The summed E-state index contributed by atoms with van der Waals surface area (Å²) in [6.07, 6.45) is 6.14. The molecule has 13 heavy (non-hydrogen) atoms. The summed E-state index contributed by atoms with van der Waals surface area (Å²) in [6.45, 7) is 2.42. The number of hydrogen-bond acceptors (Lipinski definition) is 3. The van der Waals surface area contributed by atoms with E-state index in [-0.39, 0.29) is 12.1 Å². The van der Waals surface area contributed by atoms with E-state index in [1.165, 1.54) is 5.57 Å². The van der Waals surface area contributed by atoms with Crippen LogP contribution in [0.25, 0.3) is 0 Å². The van der Waals surface area contributed by atoms with E-state index < -0.39 is 0 Å². The van der Waals surface area contributed by atoms with Gasteiger partial charge in [0.05, 0.1) is 0 Å². The van der Waals surface area contributed by atoms with Crippen LogP contribution in [0.3, 0.4) is 0 Å². The van der Waals surface area contributed by atoms with E-state index in [0.717, 1.165) is 18.6 Å². The van der Waals surface area contributed by atoms with Crippen molar-refractivity contribution in [3.8, 4) is 0 Å². The maximum absolute atomic E-state index is 5.73. The van der Waals surface area contributed by atoms with Gasteiger partial charge in [0.2, 0.25) is 0 Å². The second-order valence-corrected chi connectivity index (χ2v) is 3.70. The zero-order chi connectivity index (χ0) is 9.26. The van der Waals surface area contributed by atoms with E-state index in [0.29, 0.717) is 6.79 Å². The minimum absolute atomic E-state index is 0.152. The van der Waals surface area contributed by atoms with E-state index >= 15 is 0 Å². The zero-order valence-corrected chi connectivity index (χ0v) is 7.82. The molecule has 0 saturated carbocycles. The standard InChI is InChI=1S/C10H15NO2/c1-7(11)4-8-2-3-9-10(5-8)13-6-12-9/h2-3,7,10H,4-6,11H2,1H3/i2+1,3+1,5+1,8+1,9+1,10+1. The van der Waals surface area contributed by atoms with Crippen LogP contribution in [0.1, 0.15) is 19.8 Å². The lowest BCUT2D eigenvalue weighted by atomic mass is 10.3. The summed E-state index contributed by atoms with van der Waals surface area (Å²) in [6, 6.07) is 0.225. The van der Waals surface area contributed by atoms with Gasteiger partial charge in [0, 0.05) is 12.5 Å². The maximum atomic E-state index is 5.73. The third-order valence-corrected chi connectivity index (χ3v) is 2.33. The molecule has 0 aromatic carbocycles. The predicted octanol–water partition coefficient (Wildman–Crippen LogP) is 1.31. The lowest BCUT2D eigenvalue weighted by Crippen LogP contribution is -2.19. The Morgan fingerprint density at radius 1 is 1.62 bits per heavy atom. The van der Waals surface area contributed by atoms with Crippen LogP contribution in [0, 0.1) is 0 Å². The Bertz CT molecular complexity index is 256. The molecule has 2 unspecified atom stereocenters. The highest BCUT2D eigenvalue weighted by atomic mass is 16.8. The van der Waals surface area contributed by atoms with Gasteiger partial charge in [0.25, 0.3) is 0 Å². The molecule has 0 bridgehead atoms. The van der Waals surface area contributed by atoms with Gasteiger partial charge in [0.15, 0.2) is 6.79 Å². The molecule has 1 aliphatic heterocycles. The van der Waals surface area contributed by atoms with Crippen molar-refractivity contribution in [2.75, 3.05) is 6.79 Å². The quantitative estimate of drug-likeness (QED) is 0.663. The zero-order valence-electron chi connectivity index (χ0n) is 7.82. The molecule has 3 heteroatoms. The highest BCUT2D eigenvalue weighted by Crippen LogP contribution is 2.28. The summed E-state index contributed by atoms with van der Waals surface area (Å²) in [5.41, 5.74) is 7.08. The van der Waals surface area contributed by atoms with Gasteiger partial charge in [-0.2, -0.15) is 0 Å². The molecule has 2 N–H and O–H groups in total. The SMILES string of the molecule is CC(N)C[13C]1=[13CH][13CH]=[13C]2OCO[13CH]2[13CH2]1. The van der Waals surface area contributed by atoms with Gasteiger partial charge in [-0.25, -0.2) is 0 Å². The first-order valence-electron chi connectivity index (χ1n) is 4.65. The van der Waals surface area contributed by atoms with E-state index in [4.69, 9.17) is 15.2 Å². The molecule has 1 saturated heterocycles. The van der Waals surface area contributed by atoms with Crippen molar-refractivity contribution in [1.82, 2.24) is 0 Å². The monoisotopic (exact) mass is 187 g/mol. The number of allylic oxidation sites excluding steroid dienone is 2. The Morgan fingerprint density at radius 2 is 2.46 bits per heavy atom. The molecule has 1 heterocycles. The van der Waals surface area contributed by atoms with Crippen LogP contribution in [0.5, 0.6) is 0 Å². The highest BCUT2D eigenvalue weighted by molar-refractivity contribution is 5.26. The van der Waals surface area contributed by atoms with Crippen molar-refractivity contribution in [2.45, 2.75) is 31.9 Å². The van der Waals surface area contributed by atoms with Gasteiger partial charge < -0.3 is 15.2 Å². The molecule has 0 spiro atoms. The van der Waals surface area contributed by atoms with Gasteiger partial charge in [-0.1, -0.05) is 11.6 Å². The molecule has 2 aliphatic rings. The predicted molar refractivity (Wildman–Crippen MR) is 49.9 cm³/mol. The van der Waals surface area contributed by atoms with Crippen molar-refractivity contribution in [1.29, 1.82) is 0 Å². The Kier molecular flexibility index (Phi) is 2.38. The van der Waals surface area contributed by atoms with Crippen molar-refractivity contribution < 1.29 is 9.47 Å². The average molecular weight is 187 g/mol. The number of nitrogens with two attached hydrogens (primary N) is 1. The van der Waals surface area contributed by atoms with Gasteiger partial charge in [-0.3, -0.25) is 0 Å². The molecule has 0 amide bonds. The van der Waals surface area contributed by atoms with Gasteiger partial charge in [-0.15, -0.1) is 0 Å². The number of ether oxygens (including phenoxy) is 2. The number of fused-ring (bicyclic) bond motifs is 1. The van der Waals surface area contributed by atoms with Crippen LogP contribution in [-0.4, -0.2) is 18.9 Å². The molecule has 0 aromatic heterocycles. The Balaban J connectivity index is 2.02. The molecule has 2 rings (SSSR count). The molecule has 72 valence electrons. The van der Waals surface area contributed by atoms with Crippen LogP contribution in [0.15, 0.2) is 23.5 Å². The van der Waals surface area contributed by atoms with E-state index in [9.17, 15) is 0 Å². The molecule has 3 nitrogen and oxygen atoms in total. The molecule has 1 fully saturated rings. The highest BCUT2D eigenvalue weighted by Gasteiger charge is 2.26. The summed E-state index contributed by atoms with van der Waals surface area (Å²) in [7, 11) is 0. The van der Waals surface area contributed by atoms with Gasteiger partial charge in [0.1, 0.15) is 11.9 Å². The van der Waals surface area contributed by atoms with Crippen molar-refractivity contribution in [2.24, 2.45) is 5.73 Å². The van der Waals surface area contributed by atoms with Crippen LogP contribution in [0.4, 0.5) is 0 Å². The summed E-state index contributed by atoms with van der Waals surface area (Å²) >= 11 is 0. The fourth-order valence-electron chi connectivity index (χ4n) is 1.75. The molecule has 1 aliphatic carbocycles. The van der Waals surface area contributed by atoms with Gasteiger partial charge in [-0.05, 0) is 19.4 Å². The Morgan fingerprint density at radius 3 is 3.23 bits per heavy atom. The molecule has 0 radical (unpaired) electrons. The second kappa shape index (κ2) is 3.52. The number of hydrogen-bond donors (Lipinski definition) is 1.